The SMILES string of the molecule is Fc1ccc(CN2c3ccccc3-c3noc4c3C2CCC4)cc1. The van der Waals surface area contributed by atoms with Gasteiger partial charge in [-0.1, -0.05) is 35.5 Å². The Hall–Kier alpha value is -2.62. The highest BCUT2D eigenvalue weighted by atomic mass is 19.1. The lowest BCUT2D eigenvalue weighted by Crippen LogP contribution is -2.33. The normalized spacial score (nSPS) is 18.2. The summed E-state index contributed by atoms with van der Waals surface area (Å²) in [6, 6.07) is 15.4. The molecule has 0 saturated carbocycles. The van der Waals surface area contributed by atoms with E-state index >= 15 is 0 Å². The molecule has 0 amide bonds. The first kappa shape index (κ1) is 13.8. The quantitative estimate of drug-likeness (QED) is 0.674. The summed E-state index contributed by atoms with van der Waals surface area (Å²) in [4.78, 5) is 2.42. The van der Waals surface area contributed by atoms with Crippen LogP contribution in [0.5, 0.6) is 0 Å². The maximum absolute atomic E-state index is 13.2. The summed E-state index contributed by atoms with van der Waals surface area (Å²) in [6.45, 7) is 0.756. The number of halogens is 1. The molecule has 2 aromatic carbocycles. The maximum atomic E-state index is 13.2. The molecular formula is C20H17FN2O. The van der Waals surface area contributed by atoms with Gasteiger partial charge in [0.25, 0.3) is 0 Å². The van der Waals surface area contributed by atoms with Gasteiger partial charge < -0.3 is 9.42 Å². The molecule has 3 nitrogen and oxygen atoms in total. The van der Waals surface area contributed by atoms with Crippen molar-refractivity contribution in [2.24, 2.45) is 0 Å². The zero-order valence-corrected chi connectivity index (χ0v) is 13.2. The minimum atomic E-state index is -0.195. The van der Waals surface area contributed by atoms with Gasteiger partial charge in [0.05, 0.1) is 6.04 Å². The van der Waals surface area contributed by atoms with Crippen LogP contribution in [0.3, 0.4) is 0 Å². The van der Waals surface area contributed by atoms with Gasteiger partial charge in [-0.3, -0.25) is 0 Å². The predicted molar refractivity (Wildman–Crippen MR) is 90.2 cm³/mol. The van der Waals surface area contributed by atoms with Gasteiger partial charge in [-0.15, -0.1) is 0 Å². The van der Waals surface area contributed by atoms with Crippen LogP contribution in [0.4, 0.5) is 10.1 Å². The lowest BCUT2D eigenvalue weighted by atomic mass is 9.84. The molecule has 1 atom stereocenters. The van der Waals surface area contributed by atoms with Crippen molar-refractivity contribution in [3.63, 3.8) is 0 Å². The maximum Gasteiger partial charge on any atom is 0.142 e. The van der Waals surface area contributed by atoms with Crippen molar-refractivity contribution >= 4 is 5.69 Å². The first-order chi connectivity index (χ1) is 11.8. The molecule has 120 valence electrons. The van der Waals surface area contributed by atoms with Crippen LogP contribution in [0.2, 0.25) is 0 Å². The van der Waals surface area contributed by atoms with Crippen molar-refractivity contribution in [2.45, 2.75) is 31.8 Å². The van der Waals surface area contributed by atoms with Gasteiger partial charge in [0.2, 0.25) is 0 Å². The number of aromatic nitrogens is 1. The molecular weight excluding hydrogens is 303 g/mol. The van der Waals surface area contributed by atoms with Crippen molar-refractivity contribution in [3.05, 3.63) is 71.2 Å². The summed E-state index contributed by atoms with van der Waals surface area (Å²) in [5.41, 5.74) is 5.67. The molecule has 0 radical (unpaired) electrons. The van der Waals surface area contributed by atoms with Crippen LogP contribution >= 0.6 is 0 Å². The van der Waals surface area contributed by atoms with Gasteiger partial charge in [-0.25, -0.2) is 4.39 Å². The Kier molecular flexibility index (Phi) is 2.98. The van der Waals surface area contributed by atoms with Crippen LogP contribution < -0.4 is 4.90 Å². The molecule has 24 heavy (non-hydrogen) atoms. The summed E-state index contributed by atoms with van der Waals surface area (Å²) in [7, 11) is 0. The van der Waals surface area contributed by atoms with E-state index in [1.165, 1.54) is 23.4 Å². The predicted octanol–water partition coefficient (Wildman–Crippen LogP) is 4.88. The molecule has 1 aromatic heterocycles. The van der Waals surface area contributed by atoms with Gasteiger partial charge in [-0.2, -0.15) is 0 Å². The molecule has 5 rings (SSSR count). The zero-order valence-electron chi connectivity index (χ0n) is 13.2. The average Bonchev–Trinajstić information content (AvgIpc) is 3.06. The Balaban J connectivity index is 1.64. The topological polar surface area (TPSA) is 29.3 Å². The minimum absolute atomic E-state index is 0.195. The molecule has 2 heterocycles. The molecule has 4 heteroatoms. The van der Waals surface area contributed by atoms with Gasteiger partial charge in [0.1, 0.15) is 17.3 Å². The van der Waals surface area contributed by atoms with E-state index < -0.39 is 0 Å². The number of anilines is 1. The fourth-order valence-corrected chi connectivity index (χ4v) is 4.04. The van der Waals surface area contributed by atoms with Crippen LogP contribution in [0.25, 0.3) is 11.3 Å². The summed E-state index contributed by atoms with van der Waals surface area (Å²) in [5, 5.41) is 4.36. The van der Waals surface area contributed by atoms with Gasteiger partial charge in [0, 0.05) is 29.8 Å². The lowest BCUT2D eigenvalue weighted by molar-refractivity contribution is 0.364. The average molecular weight is 320 g/mol. The van der Waals surface area contributed by atoms with E-state index in [2.05, 4.69) is 28.3 Å². The molecule has 0 saturated heterocycles. The Morgan fingerprint density at radius 1 is 1.12 bits per heavy atom. The van der Waals surface area contributed by atoms with Crippen LogP contribution in [0.1, 0.15) is 35.8 Å². The summed E-state index contributed by atoms with van der Waals surface area (Å²) >= 11 is 0. The second kappa shape index (κ2) is 5.20. The monoisotopic (exact) mass is 320 g/mol. The molecule has 1 unspecified atom stereocenters. The highest BCUT2D eigenvalue weighted by Crippen LogP contribution is 2.49. The number of hydrogen-bond donors (Lipinski definition) is 0. The summed E-state index contributed by atoms with van der Waals surface area (Å²) in [6.07, 6.45) is 3.16. The largest absolute Gasteiger partial charge is 0.360 e. The Labute approximate surface area is 139 Å². The third-order valence-electron chi connectivity index (χ3n) is 5.13. The number of para-hydroxylation sites is 1. The van der Waals surface area contributed by atoms with Gasteiger partial charge >= 0.3 is 0 Å². The van der Waals surface area contributed by atoms with Crippen LogP contribution in [0, 0.1) is 5.82 Å². The zero-order chi connectivity index (χ0) is 16.1. The van der Waals surface area contributed by atoms with E-state index in [-0.39, 0.29) is 11.9 Å². The number of nitrogens with zero attached hydrogens (tertiary/aromatic N) is 2. The Morgan fingerprint density at radius 3 is 2.83 bits per heavy atom. The van der Waals surface area contributed by atoms with Crippen molar-refractivity contribution in [2.75, 3.05) is 4.90 Å². The van der Waals surface area contributed by atoms with E-state index in [0.717, 1.165) is 48.4 Å². The second-order valence-corrected chi connectivity index (χ2v) is 6.55. The van der Waals surface area contributed by atoms with Gasteiger partial charge in [0.15, 0.2) is 0 Å². The molecule has 0 bridgehead atoms. The van der Waals surface area contributed by atoms with Crippen molar-refractivity contribution < 1.29 is 8.91 Å². The third kappa shape index (κ3) is 1.99. The van der Waals surface area contributed by atoms with Crippen molar-refractivity contribution in [3.8, 4) is 11.3 Å². The number of fused-ring (bicyclic) bond motifs is 2. The van der Waals surface area contributed by atoms with Crippen LogP contribution in [-0.2, 0) is 13.0 Å². The molecule has 1 aliphatic carbocycles. The first-order valence-electron chi connectivity index (χ1n) is 8.40. The van der Waals surface area contributed by atoms with Crippen LogP contribution in [-0.4, -0.2) is 5.16 Å². The fraction of sp³-hybridized carbons (Fsp3) is 0.250. The molecule has 1 aliphatic heterocycles. The minimum Gasteiger partial charge on any atom is -0.360 e. The summed E-state index contributed by atoms with van der Waals surface area (Å²) in [5.74, 6) is 0.832. The standard InChI is InChI=1S/C20H17FN2O/c21-14-10-8-13(9-11-14)12-23-16-5-2-1-4-15(16)20-19-17(23)6-3-7-18(19)24-22-20/h1-2,4-5,8-11,17H,3,6-7,12H2. The van der Waals surface area contributed by atoms with E-state index in [1.54, 1.807) is 0 Å². The highest BCUT2D eigenvalue weighted by Gasteiger charge is 2.38. The van der Waals surface area contributed by atoms with Crippen LogP contribution in [0.15, 0.2) is 53.1 Å². The van der Waals surface area contributed by atoms with E-state index in [4.69, 9.17) is 4.52 Å². The van der Waals surface area contributed by atoms with E-state index in [1.807, 2.05) is 18.2 Å². The van der Waals surface area contributed by atoms with Crippen molar-refractivity contribution in [1.29, 1.82) is 0 Å². The number of rotatable bonds is 2. The number of aryl methyl sites for hydroxylation is 1. The Bertz CT molecular complexity index is 900. The highest BCUT2D eigenvalue weighted by molar-refractivity contribution is 5.83. The number of hydrogen-bond acceptors (Lipinski definition) is 3. The third-order valence-corrected chi connectivity index (χ3v) is 5.13. The molecule has 0 fully saturated rings. The molecule has 0 N–H and O–H groups in total. The smallest absolute Gasteiger partial charge is 0.142 e. The van der Waals surface area contributed by atoms with E-state index in [0.29, 0.717) is 0 Å². The molecule has 2 aliphatic rings. The second-order valence-electron chi connectivity index (χ2n) is 6.55. The van der Waals surface area contributed by atoms with E-state index in [9.17, 15) is 4.39 Å². The van der Waals surface area contributed by atoms with Gasteiger partial charge in [-0.05, 0) is 36.6 Å². The first-order valence-corrected chi connectivity index (χ1v) is 8.40. The molecule has 0 spiro atoms. The number of benzene rings is 2. The fourth-order valence-electron chi connectivity index (χ4n) is 4.04. The summed E-state index contributed by atoms with van der Waals surface area (Å²) < 4.78 is 18.9. The molecule has 3 aromatic rings. The Morgan fingerprint density at radius 2 is 1.96 bits per heavy atom. The van der Waals surface area contributed by atoms with Crippen molar-refractivity contribution in [1.82, 2.24) is 5.16 Å². The lowest BCUT2D eigenvalue weighted by Gasteiger charge is -2.40.